The summed E-state index contributed by atoms with van der Waals surface area (Å²) in [6.45, 7) is 6.31. The van der Waals surface area contributed by atoms with Crippen LogP contribution in [-0.2, 0) is 28.3 Å². The quantitative estimate of drug-likeness (QED) is 0.513. The molecule has 5 rings (SSSR count). The lowest BCUT2D eigenvalue weighted by atomic mass is 9.61. The van der Waals surface area contributed by atoms with Gasteiger partial charge in [-0.05, 0) is 48.4 Å². The van der Waals surface area contributed by atoms with E-state index in [0.717, 1.165) is 29.5 Å². The Morgan fingerprint density at radius 3 is 2.44 bits per heavy atom. The Bertz CT molecular complexity index is 1280. The summed E-state index contributed by atoms with van der Waals surface area (Å²) in [6, 6.07) is 11.2. The molecule has 2 saturated heterocycles. The smallest absolute Gasteiger partial charge is 0.263 e. The van der Waals surface area contributed by atoms with Crippen molar-refractivity contribution >= 4 is 17.7 Å². The van der Waals surface area contributed by atoms with Crippen LogP contribution in [0.3, 0.4) is 0 Å². The van der Waals surface area contributed by atoms with Crippen molar-refractivity contribution in [3.05, 3.63) is 70.3 Å². The van der Waals surface area contributed by atoms with Crippen LogP contribution in [0, 0.1) is 5.41 Å². The first-order valence-electron chi connectivity index (χ1n) is 13.7. The van der Waals surface area contributed by atoms with Crippen LogP contribution in [0.5, 0.6) is 0 Å². The Morgan fingerprint density at radius 1 is 1.08 bits per heavy atom. The summed E-state index contributed by atoms with van der Waals surface area (Å²) < 4.78 is 25.9. The molecule has 0 spiro atoms. The van der Waals surface area contributed by atoms with Crippen molar-refractivity contribution in [2.75, 3.05) is 13.1 Å². The number of alkyl halides is 2. The summed E-state index contributed by atoms with van der Waals surface area (Å²) in [5.41, 5.74) is 1.46. The van der Waals surface area contributed by atoms with Crippen molar-refractivity contribution in [2.45, 2.75) is 77.1 Å². The molecule has 2 fully saturated rings. The number of nitrogens with one attached hydrogen (secondary N) is 1. The van der Waals surface area contributed by atoms with Crippen molar-refractivity contribution in [1.29, 1.82) is 0 Å². The summed E-state index contributed by atoms with van der Waals surface area (Å²) in [6.07, 6.45) is -0.0255. The van der Waals surface area contributed by atoms with E-state index < -0.39 is 29.4 Å². The third-order valence-corrected chi connectivity index (χ3v) is 9.19. The topological polar surface area (TPSA) is 89.9 Å². The van der Waals surface area contributed by atoms with Crippen molar-refractivity contribution in [1.82, 2.24) is 15.1 Å². The molecule has 0 bridgehead atoms. The highest BCUT2D eigenvalue weighted by Crippen LogP contribution is 2.51. The number of hydrogen-bond donors (Lipinski definition) is 2. The van der Waals surface area contributed by atoms with E-state index in [2.05, 4.69) is 24.1 Å². The minimum Gasteiger partial charge on any atom is -0.384 e. The van der Waals surface area contributed by atoms with Gasteiger partial charge in [-0.25, -0.2) is 8.78 Å². The van der Waals surface area contributed by atoms with Crippen molar-refractivity contribution in [3.8, 4) is 0 Å². The van der Waals surface area contributed by atoms with Crippen LogP contribution in [-0.4, -0.2) is 51.8 Å². The van der Waals surface area contributed by atoms with Crippen LogP contribution < -0.4 is 5.32 Å². The Kier molecular flexibility index (Phi) is 7.33. The van der Waals surface area contributed by atoms with Crippen LogP contribution in [0.15, 0.2) is 42.5 Å². The number of amides is 3. The molecule has 0 aliphatic carbocycles. The number of rotatable bonds is 7. The van der Waals surface area contributed by atoms with Crippen LogP contribution in [0.2, 0.25) is 0 Å². The largest absolute Gasteiger partial charge is 0.384 e. The van der Waals surface area contributed by atoms with Gasteiger partial charge in [-0.15, -0.1) is 0 Å². The average molecular weight is 540 g/mol. The standard InChI is InChI=1S/C30H35F2N3O4/c1-3-29(4-2)18-34(16-19-5-7-20(8-6-19)26(31)32)14-13-30(29,39)22-9-10-23-21(15-22)17-35(28(23)38)24-11-12-25(36)33-27(24)37/h5-10,15,24,26,39H,3-4,11-14,16-18H2,1-2H3,(H,33,36,37). The lowest BCUT2D eigenvalue weighted by Crippen LogP contribution is -2.57. The van der Waals surface area contributed by atoms with Crippen LogP contribution in [0.4, 0.5) is 8.78 Å². The van der Waals surface area contributed by atoms with Crippen molar-refractivity contribution in [3.63, 3.8) is 0 Å². The lowest BCUT2D eigenvalue weighted by Gasteiger charge is -2.54. The molecule has 2 unspecified atom stereocenters. The van der Waals surface area contributed by atoms with Gasteiger partial charge in [-0.3, -0.25) is 24.6 Å². The Morgan fingerprint density at radius 2 is 1.79 bits per heavy atom. The Balaban J connectivity index is 1.37. The van der Waals surface area contributed by atoms with Gasteiger partial charge in [0.15, 0.2) is 0 Å². The maximum Gasteiger partial charge on any atom is 0.263 e. The molecule has 0 aromatic heterocycles. The van der Waals surface area contributed by atoms with Gasteiger partial charge >= 0.3 is 0 Å². The zero-order valence-corrected chi connectivity index (χ0v) is 22.4. The number of likely N-dealkylation sites (tertiary alicyclic amines) is 1. The molecule has 3 aliphatic heterocycles. The summed E-state index contributed by atoms with van der Waals surface area (Å²) >= 11 is 0. The first-order valence-corrected chi connectivity index (χ1v) is 13.7. The molecule has 3 heterocycles. The van der Waals surface area contributed by atoms with E-state index in [-0.39, 0.29) is 30.3 Å². The number of carbonyl (C=O) groups excluding carboxylic acids is 3. The van der Waals surface area contributed by atoms with Crippen LogP contribution >= 0.6 is 0 Å². The van der Waals surface area contributed by atoms with Gasteiger partial charge < -0.3 is 10.0 Å². The number of benzene rings is 2. The van der Waals surface area contributed by atoms with E-state index in [1.807, 2.05) is 12.1 Å². The summed E-state index contributed by atoms with van der Waals surface area (Å²) in [7, 11) is 0. The van der Waals surface area contributed by atoms with E-state index >= 15 is 0 Å². The molecule has 2 N–H and O–H groups in total. The second kappa shape index (κ2) is 10.4. The highest BCUT2D eigenvalue weighted by molar-refractivity contribution is 6.05. The van der Waals surface area contributed by atoms with Gasteiger partial charge in [0.05, 0.1) is 5.60 Å². The predicted molar refractivity (Wildman–Crippen MR) is 141 cm³/mol. The SMILES string of the molecule is CCC1(CC)CN(Cc2ccc(C(F)F)cc2)CCC1(O)c1ccc2c(c1)CN(C1CCC(=O)NC1=O)C2=O. The highest BCUT2D eigenvalue weighted by atomic mass is 19.3. The average Bonchev–Trinajstić information content (AvgIpc) is 3.25. The van der Waals surface area contributed by atoms with Crippen LogP contribution in [0.25, 0.3) is 0 Å². The van der Waals surface area contributed by atoms with E-state index in [4.69, 9.17) is 0 Å². The Hall–Kier alpha value is -3.17. The van der Waals surface area contributed by atoms with E-state index in [1.165, 1.54) is 17.0 Å². The van der Waals surface area contributed by atoms with Gasteiger partial charge in [0, 0.05) is 49.1 Å². The third kappa shape index (κ3) is 4.76. The first kappa shape index (κ1) is 27.4. The number of imide groups is 1. The number of hydrogen-bond acceptors (Lipinski definition) is 5. The van der Waals surface area contributed by atoms with Gasteiger partial charge in [0.2, 0.25) is 11.8 Å². The number of aliphatic hydroxyl groups is 1. The van der Waals surface area contributed by atoms with Crippen molar-refractivity contribution in [2.24, 2.45) is 5.41 Å². The molecular formula is C30H35F2N3O4. The fourth-order valence-electron chi connectivity index (χ4n) is 6.73. The number of halogens is 2. The minimum absolute atomic E-state index is 0.00879. The highest BCUT2D eigenvalue weighted by Gasteiger charge is 2.53. The van der Waals surface area contributed by atoms with Gasteiger partial charge in [0.1, 0.15) is 6.04 Å². The summed E-state index contributed by atoms with van der Waals surface area (Å²) in [5, 5.41) is 14.6. The zero-order valence-electron chi connectivity index (χ0n) is 22.4. The number of carbonyl (C=O) groups is 3. The van der Waals surface area contributed by atoms with E-state index in [9.17, 15) is 28.3 Å². The van der Waals surface area contributed by atoms with Crippen LogP contribution in [0.1, 0.15) is 85.0 Å². The fourth-order valence-corrected chi connectivity index (χ4v) is 6.73. The monoisotopic (exact) mass is 539 g/mol. The maximum atomic E-state index is 13.2. The number of nitrogens with zero attached hydrogens (tertiary/aromatic N) is 2. The predicted octanol–water partition coefficient (Wildman–Crippen LogP) is 4.29. The minimum atomic E-state index is -2.49. The fraction of sp³-hybridized carbons (Fsp3) is 0.500. The van der Waals surface area contributed by atoms with E-state index in [1.54, 1.807) is 18.2 Å². The maximum absolute atomic E-state index is 13.2. The molecule has 208 valence electrons. The number of fused-ring (bicyclic) bond motifs is 1. The molecule has 7 nitrogen and oxygen atoms in total. The van der Waals surface area contributed by atoms with Gasteiger partial charge in [0.25, 0.3) is 12.3 Å². The van der Waals surface area contributed by atoms with Crippen molar-refractivity contribution < 1.29 is 28.3 Å². The molecule has 0 saturated carbocycles. The second-order valence-electron chi connectivity index (χ2n) is 11.1. The molecule has 2 atom stereocenters. The second-order valence-corrected chi connectivity index (χ2v) is 11.1. The molecule has 0 radical (unpaired) electrons. The molecule has 3 aliphatic rings. The van der Waals surface area contributed by atoms with E-state index in [0.29, 0.717) is 38.0 Å². The first-order chi connectivity index (χ1) is 18.6. The molecule has 2 aromatic carbocycles. The number of piperidine rings is 2. The molecule has 9 heteroatoms. The molecule has 39 heavy (non-hydrogen) atoms. The molecule has 3 amide bonds. The molecule has 2 aromatic rings. The zero-order chi connectivity index (χ0) is 27.9. The molecular weight excluding hydrogens is 504 g/mol. The third-order valence-electron chi connectivity index (χ3n) is 9.19. The summed E-state index contributed by atoms with van der Waals surface area (Å²) in [5.74, 6) is -1.00. The summed E-state index contributed by atoms with van der Waals surface area (Å²) in [4.78, 5) is 41.0. The van der Waals surface area contributed by atoms with Gasteiger partial charge in [-0.1, -0.05) is 50.2 Å². The Labute approximate surface area is 227 Å². The lowest BCUT2D eigenvalue weighted by molar-refractivity contribution is -0.148. The normalized spacial score (nSPS) is 25.2. The van der Waals surface area contributed by atoms with Gasteiger partial charge in [-0.2, -0.15) is 0 Å².